The number of amides is 2. The lowest BCUT2D eigenvalue weighted by atomic mass is 10.0. The van der Waals surface area contributed by atoms with Gasteiger partial charge in [0.2, 0.25) is 5.91 Å². The van der Waals surface area contributed by atoms with Crippen LogP contribution >= 0.6 is 24.0 Å². The van der Waals surface area contributed by atoms with Gasteiger partial charge >= 0.3 is 0 Å². The van der Waals surface area contributed by atoms with Gasteiger partial charge in [0, 0.05) is 44.5 Å². The van der Waals surface area contributed by atoms with Gasteiger partial charge in [-0.1, -0.05) is 41.9 Å². The highest BCUT2D eigenvalue weighted by molar-refractivity contribution is 6.33. The van der Waals surface area contributed by atoms with Crippen LogP contribution in [0.5, 0.6) is 0 Å². The molecular formula is C26H31Cl2N5O2. The van der Waals surface area contributed by atoms with Crippen molar-refractivity contribution in [2.45, 2.75) is 31.7 Å². The quantitative estimate of drug-likeness (QED) is 0.541. The topological polar surface area (TPSA) is 79.3 Å². The van der Waals surface area contributed by atoms with Gasteiger partial charge in [-0.2, -0.15) is 5.10 Å². The minimum atomic E-state index is -0.102. The van der Waals surface area contributed by atoms with Crippen LogP contribution in [-0.2, 0) is 4.79 Å². The van der Waals surface area contributed by atoms with Crippen molar-refractivity contribution in [1.82, 2.24) is 25.3 Å². The van der Waals surface area contributed by atoms with E-state index >= 15 is 0 Å². The van der Waals surface area contributed by atoms with Crippen molar-refractivity contribution in [2.24, 2.45) is 0 Å². The number of hydrogen-bond acceptors (Lipinski definition) is 4. The lowest BCUT2D eigenvalue weighted by Crippen LogP contribution is -2.35. The van der Waals surface area contributed by atoms with E-state index in [9.17, 15) is 9.59 Å². The summed E-state index contributed by atoms with van der Waals surface area (Å²) in [6, 6.07) is 17.2. The number of halogens is 2. The van der Waals surface area contributed by atoms with E-state index in [4.69, 9.17) is 11.6 Å². The molecule has 1 aromatic heterocycles. The highest BCUT2D eigenvalue weighted by atomic mass is 35.5. The summed E-state index contributed by atoms with van der Waals surface area (Å²) in [5.41, 5.74) is 2.35. The van der Waals surface area contributed by atoms with Crippen molar-refractivity contribution in [3.63, 3.8) is 0 Å². The van der Waals surface area contributed by atoms with Gasteiger partial charge in [-0.05, 0) is 55.6 Å². The Morgan fingerprint density at radius 1 is 1.00 bits per heavy atom. The molecule has 0 aliphatic carbocycles. The predicted octanol–water partition coefficient (Wildman–Crippen LogP) is 4.41. The molecule has 35 heavy (non-hydrogen) atoms. The fourth-order valence-corrected chi connectivity index (χ4v) is 4.38. The van der Waals surface area contributed by atoms with Crippen molar-refractivity contribution < 1.29 is 9.59 Å². The summed E-state index contributed by atoms with van der Waals surface area (Å²) in [7, 11) is 0. The summed E-state index contributed by atoms with van der Waals surface area (Å²) < 4.78 is 1.71. The summed E-state index contributed by atoms with van der Waals surface area (Å²) in [5.74, 6) is -0.0937. The Bertz CT molecular complexity index is 1090. The Labute approximate surface area is 217 Å². The van der Waals surface area contributed by atoms with Crippen LogP contribution in [0, 0.1) is 0 Å². The molecule has 2 N–H and O–H groups in total. The van der Waals surface area contributed by atoms with E-state index in [1.807, 2.05) is 53.6 Å². The van der Waals surface area contributed by atoms with Gasteiger partial charge in [-0.25, -0.2) is 4.68 Å². The first kappa shape index (κ1) is 26.7. The van der Waals surface area contributed by atoms with Crippen LogP contribution < -0.4 is 10.6 Å². The van der Waals surface area contributed by atoms with Gasteiger partial charge in [0.05, 0.1) is 16.3 Å². The molecule has 1 unspecified atom stereocenters. The number of hydrogen-bond donors (Lipinski definition) is 2. The summed E-state index contributed by atoms with van der Waals surface area (Å²) in [6.45, 7) is 2.47. The Morgan fingerprint density at radius 3 is 2.57 bits per heavy atom. The van der Waals surface area contributed by atoms with Crippen LogP contribution in [0.2, 0.25) is 5.02 Å². The van der Waals surface area contributed by atoms with Crippen LogP contribution in [0.1, 0.15) is 47.6 Å². The number of nitrogens with one attached hydrogen (secondary N) is 2. The average molecular weight is 516 g/mol. The number of carbonyl (C=O) groups is 2. The van der Waals surface area contributed by atoms with E-state index in [0.29, 0.717) is 43.1 Å². The van der Waals surface area contributed by atoms with Gasteiger partial charge in [-0.15, -0.1) is 12.4 Å². The van der Waals surface area contributed by atoms with Gasteiger partial charge in [0.1, 0.15) is 0 Å². The van der Waals surface area contributed by atoms with Crippen LogP contribution in [0.25, 0.3) is 5.69 Å². The number of aromatic nitrogens is 2. The number of rotatable bonds is 3. The third-order valence-corrected chi connectivity index (χ3v) is 6.33. The molecule has 0 bridgehead atoms. The normalized spacial score (nSPS) is 17.8. The molecule has 1 saturated heterocycles. The molecule has 1 aliphatic rings. The number of carbonyl (C=O) groups excluding carboxylic acids is 2. The summed E-state index contributed by atoms with van der Waals surface area (Å²) in [6.07, 6.45) is 6.35. The minimum absolute atomic E-state index is 0. The fraction of sp³-hybridized carbons (Fsp3) is 0.346. The Morgan fingerprint density at radius 2 is 1.80 bits per heavy atom. The van der Waals surface area contributed by atoms with E-state index in [1.165, 1.54) is 0 Å². The zero-order valence-corrected chi connectivity index (χ0v) is 21.1. The van der Waals surface area contributed by atoms with Gasteiger partial charge in [0.25, 0.3) is 5.91 Å². The summed E-state index contributed by atoms with van der Waals surface area (Å²) >= 11 is 6.42. The highest BCUT2D eigenvalue weighted by Crippen LogP contribution is 2.22. The molecule has 1 atom stereocenters. The molecule has 4 rings (SSSR count). The summed E-state index contributed by atoms with van der Waals surface area (Å²) in [4.78, 5) is 27.8. The zero-order valence-electron chi connectivity index (χ0n) is 19.5. The first-order valence-electron chi connectivity index (χ1n) is 11.8. The van der Waals surface area contributed by atoms with E-state index in [1.54, 1.807) is 23.0 Å². The van der Waals surface area contributed by atoms with Crippen LogP contribution in [0.15, 0.2) is 67.0 Å². The van der Waals surface area contributed by atoms with E-state index in [2.05, 4.69) is 15.7 Å². The molecule has 3 aromatic rings. The molecular weight excluding hydrogens is 485 g/mol. The van der Waals surface area contributed by atoms with E-state index in [-0.39, 0.29) is 30.3 Å². The molecule has 2 heterocycles. The molecule has 1 aliphatic heterocycles. The Balaban J connectivity index is 0.00000342. The molecule has 1 fully saturated rings. The Hall–Kier alpha value is -2.87. The molecule has 186 valence electrons. The van der Waals surface area contributed by atoms with Crippen LogP contribution in [-0.4, -0.2) is 52.7 Å². The number of benzene rings is 2. The Kier molecular flexibility index (Phi) is 10.1. The summed E-state index contributed by atoms with van der Waals surface area (Å²) in [5, 5.41) is 11.2. The maximum atomic E-state index is 13.4. The van der Waals surface area contributed by atoms with Crippen LogP contribution in [0.3, 0.4) is 0 Å². The zero-order chi connectivity index (χ0) is 23.8. The monoisotopic (exact) mass is 515 g/mol. The smallest absolute Gasteiger partial charge is 0.255 e. The van der Waals surface area contributed by atoms with Gasteiger partial charge < -0.3 is 15.5 Å². The molecule has 0 saturated carbocycles. The third kappa shape index (κ3) is 7.31. The second-order valence-electron chi connectivity index (χ2n) is 8.44. The van der Waals surface area contributed by atoms with Gasteiger partial charge in [0.15, 0.2) is 0 Å². The largest absolute Gasteiger partial charge is 0.356 e. The second kappa shape index (κ2) is 13.3. The van der Waals surface area contributed by atoms with Crippen molar-refractivity contribution in [3.05, 3.63) is 83.1 Å². The highest BCUT2D eigenvalue weighted by Gasteiger charge is 2.21. The third-order valence-electron chi connectivity index (χ3n) is 6.00. The van der Waals surface area contributed by atoms with E-state index < -0.39 is 0 Å². The predicted molar refractivity (Wildman–Crippen MR) is 140 cm³/mol. The first-order valence-corrected chi connectivity index (χ1v) is 12.1. The lowest BCUT2D eigenvalue weighted by molar-refractivity contribution is -0.121. The molecule has 7 nitrogen and oxygen atoms in total. The standard InChI is InChI=1S/C26H30ClN5O2.ClH/c27-23-11-10-21(32-17-7-14-30-32)18-22(23)26(34)31-15-5-4-12-28-24(20-8-2-1-3-9-20)19-25(33)29-13-6-16-31;/h1-3,7-11,14,17-18,24,28H,4-6,12-13,15-16,19H2,(H,29,33);1H. The first-order chi connectivity index (χ1) is 16.6. The fourth-order valence-electron chi connectivity index (χ4n) is 4.18. The molecule has 9 heteroatoms. The average Bonchev–Trinajstić information content (AvgIpc) is 3.40. The molecule has 2 aromatic carbocycles. The van der Waals surface area contributed by atoms with Gasteiger partial charge in [-0.3, -0.25) is 9.59 Å². The maximum absolute atomic E-state index is 13.4. The molecule has 0 spiro atoms. The SMILES string of the molecule is Cl.O=C1CC(c2ccccc2)NCCCCN(C(=O)c2cc(-n3cccn3)ccc2Cl)CCCN1. The van der Waals surface area contributed by atoms with Crippen molar-refractivity contribution in [2.75, 3.05) is 26.2 Å². The van der Waals surface area contributed by atoms with Crippen molar-refractivity contribution in [3.8, 4) is 5.69 Å². The van der Waals surface area contributed by atoms with Crippen LogP contribution in [0.4, 0.5) is 0 Å². The van der Waals surface area contributed by atoms with E-state index in [0.717, 1.165) is 30.6 Å². The maximum Gasteiger partial charge on any atom is 0.255 e. The van der Waals surface area contributed by atoms with Crippen molar-refractivity contribution in [1.29, 1.82) is 0 Å². The molecule has 0 radical (unpaired) electrons. The second-order valence-corrected chi connectivity index (χ2v) is 8.85. The number of nitrogens with zero attached hydrogens (tertiary/aromatic N) is 3. The van der Waals surface area contributed by atoms with Crippen molar-refractivity contribution >= 4 is 35.8 Å². The minimum Gasteiger partial charge on any atom is -0.356 e. The lowest BCUT2D eigenvalue weighted by Gasteiger charge is -2.24. The molecule has 2 amide bonds.